The molecule has 36 heavy (non-hydrogen) atoms. The summed E-state index contributed by atoms with van der Waals surface area (Å²) in [5.41, 5.74) is 6.37. The van der Waals surface area contributed by atoms with Gasteiger partial charge in [-0.15, -0.1) is 22.7 Å². The number of thiophene rings is 1. The van der Waals surface area contributed by atoms with Gasteiger partial charge in [0.25, 0.3) is 0 Å². The van der Waals surface area contributed by atoms with Gasteiger partial charge in [-0.2, -0.15) is 0 Å². The lowest BCUT2D eigenvalue weighted by Gasteiger charge is -2.11. The van der Waals surface area contributed by atoms with Crippen molar-refractivity contribution in [2.24, 2.45) is 0 Å². The number of rotatable bonds is 6. The van der Waals surface area contributed by atoms with E-state index in [1.54, 1.807) is 43.2 Å². The fraction of sp³-hybridized carbons (Fsp3) is 0.107. The summed E-state index contributed by atoms with van der Waals surface area (Å²) in [6, 6.07) is 20.6. The molecule has 0 radical (unpaired) electrons. The van der Waals surface area contributed by atoms with E-state index in [4.69, 9.17) is 14.5 Å². The van der Waals surface area contributed by atoms with Crippen LogP contribution in [0.5, 0.6) is 11.5 Å². The number of aromatic nitrogens is 3. The number of hydrogen-bond acceptors (Lipinski definition) is 8. The fourth-order valence-corrected chi connectivity index (χ4v) is 6.16. The molecule has 0 fully saturated rings. The lowest BCUT2D eigenvalue weighted by atomic mass is 10.1. The van der Waals surface area contributed by atoms with Gasteiger partial charge in [0.05, 0.1) is 29.8 Å². The number of anilines is 2. The molecule has 0 saturated heterocycles. The minimum Gasteiger partial charge on any atom is -0.493 e. The third-order valence-corrected chi connectivity index (χ3v) is 7.96. The van der Waals surface area contributed by atoms with Gasteiger partial charge in [-0.25, -0.2) is 15.0 Å². The molecule has 6 aromatic rings. The topological polar surface area (TPSA) is 69.2 Å². The largest absolute Gasteiger partial charge is 0.493 e. The molecule has 3 aromatic carbocycles. The summed E-state index contributed by atoms with van der Waals surface area (Å²) < 4.78 is 12.1. The van der Waals surface area contributed by atoms with E-state index in [1.165, 1.54) is 10.3 Å². The van der Waals surface area contributed by atoms with Gasteiger partial charge in [0.2, 0.25) is 0 Å². The predicted molar refractivity (Wildman–Crippen MR) is 149 cm³/mol. The van der Waals surface area contributed by atoms with Crippen LogP contribution in [0.4, 0.5) is 11.5 Å². The maximum absolute atomic E-state index is 5.51. The van der Waals surface area contributed by atoms with Crippen molar-refractivity contribution in [2.45, 2.75) is 6.92 Å². The average Bonchev–Trinajstić information content (AvgIpc) is 3.53. The zero-order valence-electron chi connectivity index (χ0n) is 19.9. The Morgan fingerprint density at radius 1 is 0.833 bits per heavy atom. The molecule has 1 N–H and O–H groups in total. The van der Waals surface area contributed by atoms with Crippen LogP contribution in [0.1, 0.15) is 5.56 Å². The van der Waals surface area contributed by atoms with Crippen LogP contribution < -0.4 is 14.8 Å². The van der Waals surface area contributed by atoms with Crippen molar-refractivity contribution in [2.75, 3.05) is 19.5 Å². The summed E-state index contributed by atoms with van der Waals surface area (Å²) in [5, 5.41) is 7.58. The van der Waals surface area contributed by atoms with Gasteiger partial charge in [-0.3, -0.25) is 0 Å². The number of thiazole rings is 1. The number of methoxy groups -OCH3 is 2. The first kappa shape index (κ1) is 22.5. The number of aryl methyl sites for hydroxylation is 1. The molecule has 6 rings (SSSR count). The Labute approximate surface area is 216 Å². The van der Waals surface area contributed by atoms with Crippen molar-refractivity contribution in [3.63, 3.8) is 0 Å². The van der Waals surface area contributed by atoms with Gasteiger partial charge < -0.3 is 14.8 Å². The molecule has 3 heterocycles. The second-order valence-electron chi connectivity index (χ2n) is 8.31. The Bertz CT molecular complexity index is 1710. The van der Waals surface area contributed by atoms with E-state index in [-0.39, 0.29) is 0 Å². The first-order chi connectivity index (χ1) is 17.6. The van der Waals surface area contributed by atoms with Crippen molar-refractivity contribution in [1.29, 1.82) is 0 Å². The first-order valence-corrected chi connectivity index (χ1v) is 13.0. The van der Waals surface area contributed by atoms with Crippen LogP contribution in [-0.4, -0.2) is 29.2 Å². The maximum Gasteiger partial charge on any atom is 0.161 e. The van der Waals surface area contributed by atoms with Crippen LogP contribution >= 0.6 is 22.7 Å². The molecule has 0 atom stereocenters. The molecule has 0 bridgehead atoms. The standard InChI is InChI=1S/C28H22N4O2S2/c1-16-4-10-21-24(12-16)36-27(32-21)17-5-8-19(9-6-17)31-26-25-20(14-35-28(25)30-15-29-26)18-7-11-22(33-2)23(13-18)34-3/h4-15H,1-3H3,(H,29,30,31). The molecular formula is C28H22N4O2S2. The van der Waals surface area contributed by atoms with E-state index in [0.717, 1.165) is 48.9 Å². The Kier molecular flexibility index (Phi) is 5.75. The summed E-state index contributed by atoms with van der Waals surface area (Å²) in [4.78, 5) is 14.8. The van der Waals surface area contributed by atoms with Gasteiger partial charge in [0.1, 0.15) is 22.0 Å². The minimum absolute atomic E-state index is 0.682. The predicted octanol–water partition coefficient (Wildman–Crippen LogP) is 7.70. The number of nitrogens with one attached hydrogen (secondary N) is 1. The van der Waals surface area contributed by atoms with Crippen molar-refractivity contribution in [1.82, 2.24) is 15.0 Å². The Morgan fingerprint density at radius 2 is 1.64 bits per heavy atom. The van der Waals surface area contributed by atoms with E-state index in [2.05, 4.69) is 70.1 Å². The van der Waals surface area contributed by atoms with Crippen LogP contribution in [0.3, 0.4) is 0 Å². The van der Waals surface area contributed by atoms with Crippen molar-refractivity contribution in [3.8, 4) is 33.2 Å². The minimum atomic E-state index is 0.682. The normalized spacial score (nSPS) is 11.2. The summed E-state index contributed by atoms with van der Waals surface area (Å²) in [5.74, 6) is 2.13. The van der Waals surface area contributed by atoms with Gasteiger partial charge in [-0.05, 0) is 66.6 Å². The number of hydrogen-bond donors (Lipinski definition) is 1. The van der Waals surface area contributed by atoms with E-state index in [9.17, 15) is 0 Å². The smallest absolute Gasteiger partial charge is 0.161 e. The molecule has 0 unspecified atom stereocenters. The Hall–Kier alpha value is -4.01. The quantitative estimate of drug-likeness (QED) is 0.248. The molecule has 0 saturated carbocycles. The van der Waals surface area contributed by atoms with Crippen LogP contribution in [0.15, 0.2) is 72.4 Å². The molecule has 3 aromatic heterocycles. The summed E-state index contributed by atoms with van der Waals surface area (Å²) in [6.45, 7) is 2.10. The van der Waals surface area contributed by atoms with E-state index >= 15 is 0 Å². The molecule has 0 aliphatic carbocycles. The molecule has 0 amide bonds. The second kappa shape index (κ2) is 9.22. The highest BCUT2D eigenvalue weighted by molar-refractivity contribution is 7.21. The van der Waals surface area contributed by atoms with Gasteiger partial charge in [0.15, 0.2) is 11.5 Å². The number of nitrogens with zero attached hydrogens (tertiary/aromatic N) is 3. The van der Waals surface area contributed by atoms with Crippen LogP contribution in [0.25, 0.3) is 42.1 Å². The SMILES string of the molecule is COc1ccc(-c2csc3ncnc(Nc4ccc(-c5nc6ccc(C)cc6s5)cc4)c23)cc1OC. The molecule has 0 aliphatic heterocycles. The van der Waals surface area contributed by atoms with Gasteiger partial charge in [0, 0.05) is 22.2 Å². The average molecular weight is 511 g/mol. The number of fused-ring (bicyclic) bond motifs is 2. The monoisotopic (exact) mass is 510 g/mol. The second-order valence-corrected chi connectivity index (χ2v) is 10.2. The number of benzene rings is 3. The van der Waals surface area contributed by atoms with E-state index < -0.39 is 0 Å². The highest BCUT2D eigenvalue weighted by Gasteiger charge is 2.16. The molecular weight excluding hydrogens is 488 g/mol. The molecule has 0 spiro atoms. The van der Waals surface area contributed by atoms with Crippen molar-refractivity contribution in [3.05, 3.63) is 77.9 Å². The Morgan fingerprint density at radius 3 is 2.44 bits per heavy atom. The van der Waals surface area contributed by atoms with Gasteiger partial charge >= 0.3 is 0 Å². The summed E-state index contributed by atoms with van der Waals surface area (Å²) >= 11 is 3.30. The third kappa shape index (κ3) is 4.04. The molecule has 6 nitrogen and oxygen atoms in total. The lowest BCUT2D eigenvalue weighted by Crippen LogP contribution is -1.96. The highest BCUT2D eigenvalue weighted by atomic mass is 32.1. The van der Waals surface area contributed by atoms with Crippen LogP contribution in [-0.2, 0) is 0 Å². The molecule has 0 aliphatic rings. The summed E-state index contributed by atoms with van der Waals surface area (Å²) in [6.07, 6.45) is 1.59. The third-order valence-electron chi connectivity index (χ3n) is 6.00. The zero-order chi connectivity index (χ0) is 24.6. The molecule has 8 heteroatoms. The molecule has 178 valence electrons. The number of ether oxygens (including phenoxy) is 2. The fourth-order valence-electron chi connectivity index (χ4n) is 4.17. The van der Waals surface area contributed by atoms with E-state index in [1.807, 2.05) is 18.2 Å². The van der Waals surface area contributed by atoms with Crippen molar-refractivity contribution < 1.29 is 9.47 Å². The van der Waals surface area contributed by atoms with Gasteiger partial charge in [-0.1, -0.05) is 12.1 Å². The summed E-state index contributed by atoms with van der Waals surface area (Å²) in [7, 11) is 3.28. The van der Waals surface area contributed by atoms with Crippen LogP contribution in [0.2, 0.25) is 0 Å². The zero-order valence-corrected chi connectivity index (χ0v) is 21.5. The highest BCUT2D eigenvalue weighted by Crippen LogP contribution is 2.40. The van der Waals surface area contributed by atoms with E-state index in [0.29, 0.717) is 11.5 Å². The maximum atomic E-state index is 5.51. The Balaban J connectivity index is 1.33. The van der Waals surface area contributed by atoms with Crippen LogP contribution in [0, 0.1) is 6.92 Å². The van der Waals surface area contributed by atoms with Crippen molar-refractivity contribution >= 4 is 54.6 Å². The first-order valence-electron chi connectivity index (χ1n) is 11.3. The lowest BCUT2D eigenvalue weighted by molar-refractivity contribution is 0.355.